The topological polar surface area (TPSA) is 41.6 Å². The Labute approximate surface area is 158 Å². The molecule has 0 amide bonds. The van der Waals surface area contributed by atoms with Gasteiger partial charge < -0.3 is 0 Å². The third-order valence-corrected chi connectivity index (χ3v) is 6.60. The van der Waals surface area contributed by atoms with Crippen LogP contribution in [0.1, 0.15) is 11.4 Å². The summed E-state index contributed by atoms with van der Waals surface area (Å²) < 4.78 is -8.57. The van der Waals surface area contributed by atoms with Gasteiger partial charge in [0, 0.05) is 0 Å². The van der Waals surface area contributed by atoms with Crippen LogP contribution in [0.5, 0.6) is 0 Å². The highest BCUT2D eigenvalue weighted by Crippen LogP contribution is 2.58. The molecule has 1 aromatic heterocycles. The Kier molecular flexibility index (Phi) is 5.94. The molecule has 0 aliphatic rings. The molecule has 110 valence electrons. The Balaban J connectivity index is 3.43. The minimum atomic E-state index is -2.17. The molecule has 0 aliphatic heterocycles. The first kappa shape index (κ1) is 19.1. The molecule has 1 rings (SSSR count). The molecule has 13 heteroatoms. The van der Waals surface area contributed by atoms with E-state index in [0.717, 1.165) is 0 Å². The molecule has 0 atom stereocenters. The third kappa shape index (κ3) is 3.69. The number of aromatic amines is 1. The number of hydrogen-bond acceptors (Lipinski definition) is 2. The number of nitrogens with one attached hydrogen (secondary N) is 1. The Bertz CT molecular complexity index is 414. The van der Waals surface area contributed by atoms with Crippen LogP contribution < -0.4 is 0 Å². The standard InChI is InChI=1S/C6HCl10N3/c7-3(8,5(11,12)13)1-2(18-19-17-1)4(9,10)6(14,15)16/h(H,17,18,19). The molecule has 0 aromatic carbocycles. The van der Waals surface area contributed by atoms with Crippen molar-refractivity contribution in [2.24, 2.45) is 0 Å². The SMILES string of the molecule is ClC(Cl)(Cl)C(Cl)(Cl)c1nn[nH]c1C(Cl)(Cl)C(Cl)(Cl)Cl. The van der Waals surface area contributed by atoms with Gasteiger partial charge in [-0.25, -0.2) is 0 Å². The molecule has 1 N–H and O–H groups in total. The summed E-state index contributed by atoms with van der Waals surface area (Å²) in [5.74, 6) is 0. The lowest BCUT2D eigenvalue weighted by Crippen LogP contribution is -2.35. The van der Waals surface area contributed by atoms with E-state index in [2.05, 4.69) is 15.4 Å². The molecule has 1 heterocycles. The van der Waals surface area contributed by atoms with Crippen molar-refractivity contribution < 1.29 is 0 Å². The van der Waals surface area contributed by atoms with Crippen molar-refractivity contribution in [3.8, 4) is 0 Å². The van der Waals surface area contributed by atoms with Crippen LogP contribution >= 0.6 is 116 Å². The van der Waals surface area contributed by atoms with Crippen LogP contribution in [0, 0.1) is 0 Å². The van der Waals surface area contributed by atoms with Crippen LogP contribution in [-0.4, -0.2) is 23.0 Å². The Hall–Kier alpha value is 2.04. The highest BCUT2D eigenvalue weighted by atomic mass is 35.6. The van der Waals surface area contributed by atoms with Gasteiger partial charge in [0.2, 0.25) is 16.3 Å². The van der Waals surface area contributed by atoms with Crippen molar-refractivity contribution in [3.05, 3.63) is 11.4 Å². The number of hydrogen-bond donors (Lipinski definition) is 1. The molecular formula is C6HCl10N3. The first-order valence-electron chi connectivity index (χ1n) is 4.04. The van der Waals surface area contributed by atoms with E-state index in [1.807, 2.05) is 0 Å². The normalized spacial score (nSPS) is 14.8. The predicted molar refractivity (Wildman–Crippen MR) is 83.7 cm³/mol. The minimum Gasteiger partial charge on any atom is -0.259 e. The van der Waals surface area contributed by atoms with E-state index in [0.29, 0.717) is 0 Å². The number of nitrogens with zero attached hydrogens (tertiary/aromatic N) is 2. The Morgan fingerprint density at radius 2 is 1.11 bits per heavy atom. The zero-order valence-corrected chi connectivity index (χ0v) is 15.7. The van der Waals surface area contributed by atoms with Crippen molar-refractivity contribution >= 4 is 116 Å². The van der Waals surface area contributed by atoms with Crippen LogP contribution in [0.15, 0.2) is 0 Å². The van der Waals surface area contributed by atoms with E-state index in [1.165, 1.54) is 0 Å². The van der Waals surface area contributed by atoms with Gasteiger partial charge in [0.15, 0.2) is 0 Å². The van der Waals surface area contributed by atoms with E-state index in [4.69, 9.17) is 116 Å². The fraction of sp³-hybridized carbons (Fsp3) is 0.667. The van der Waals surface area contributed by atoms with Gasteiger partial charge in [-0.2, -0.15) is 0 Å². The third-order valence-electron chi connectivity index (χ3n) is 1.87. The minimum absolute atomic E-state index is 0.216. The summed E-state index contributed by atoms with van der Waals surface area (Å²) in [6.07, 6.45) is 0. The second kappa shape index (κ2) is 5.92. The molecule has 0 bridgehead atoms. The number of H-pyrrole nitrogens is 1. The number of alkyl halides is 10. The van der Waals surface area contributed by atoms with E-state index < -0.39 is 16.3 Å². The number of halogens is 10. The smallest absolute Gasteiger partial charge is 0.228 e. The van der Waals surface area contributed by atoms with Gasteiger partial charge in [-0.1, -0.05) is 121 Å². The second-order valence-electron chi connectivity index (χ2n) is 3.18. The monoisotopic (exact) mass is 465 g/mol. The highest BCUT2D eigenvalue weighted by molar-refractivity contribution is 6.76. The first-order valence-corrected chi connectivity index (χ1v) is 7.82. The van der Waals surface area contributed by atoms with E-state index in [1.54, 1.807) is 0 Å². The molecule has 0 saturated carbocycles. The molecule has 0 radical (unpaired) electrons. The van der Waals surface area contributed by atoms with Crippen LogP contribution in [0.3, 0.4) is 0 Å². The quantitative estimate of drug-likeness (QED) is 0.556. The maximum atomic E-state index is 5.95. The first-order chi connectivity index (χ1) is 8.23. The van der Waals surface area contributed by atoms with Crippen LogP contribution in [0.2, 0.25) is 0 Å². The van der Waals surface area contributed by atoms with Crippen molar-refractivity contribution in [2.45, 2.75) is 16.3 Å². The largest absolute Gasteiger partial charge is 0.259 e. The summed E-state index contributed by atoms with van der Waals surface area (Å²) in [5, 5.41) is 9.29. The summed E-state index contributed by atoms with van der Waals surface area (Å²) >= 11 is 57.7. The molecule has 0 saturated heterocycles. The lowest BCUT2D eigenvalue weighted by Gasteiger charge is -2.31. The van der Waals surface area contributed by atoms with Crippen LogP contribution in [-0.2, 0) is 8.67 Å². The van der Waals surface area contributed by atoms with Gasteiger partial charge >= 0.3 is 0 Å². The molecule has 1 aromatic rings. The average molecular weight is 470 g/mol. The van der Waals surface area contributed by atoms with Gasteiger partial charge in [0.1, 0.15) is 11.4 Å². The van der Waals surface area contributed by atoms with Crippen molar-refractivity contribution in [3.63, 3.8) is 0 Å². The average Bonchev–Trinajstić information content (AvgIpc) is 2.62. The van der Waals surface area contributed by atoms with E-state index in [9.17, 15) is 0 Å². The lowest BCUT2D eigenvalue weighted by atomic mass is 10.2. The van der Waals surface area contributed by atoms with Gasteiger partial charge in [-0.15, -0.1) is 5.10 Å². The molecule has 19 heavy (non-hydrogen) atoms. The molecular weight excluding hydrogens is 469 g/mol. The fourth-order valence-corrected chi connectivity index (χ4v) is 2.02. The zero-order valence-electron chi connectivity index (χ0n) is 8.17. The maximum Gasteiger partial charge on any atom is 0.228 e. The molecule has 0 aliphatic carbocycles. The highest BCUT2D eigenvalue weighted by Gasteiger charge is 2.57. The fourth-order valence-electron chi connectivity index (χ4n) is 0.943. The second-order valence-corrected chi connectivity index (χ2v) is 10.4. The van der Waals surface area contributed by atoms with Gasteiger partial charge in [-0.05, 0) is 0 Å². The number of aromatic nitrogens is 3. The summed E-state index contributed by atoms with van der Waals surface area (Å²) in [6.45, 7) is 0. The van der Waals surface area contributed by atoms with Crippen LogP contribution in [0.25, 0.3) is 0 Å². The van der Waals surface area contributed by atoms with Crippen molar-refractivity contribution in [2.75, 3.05) is 0 Å². The summed E-state index contributed by atoms with van der Waals surface area (Å²) in [4.78, 5) is 0. The molecule has 0 unspecified atom stereocenters. The van der Waals surface area contributed by atoms with Crippen LogP contribution in [0.4, 0.5) is 0 Å². The maximum absolute atomic E-state index is 5.95. The molecule has 3 nitrogen and oxygen atoms in total. The van der Waals surface area contributed by atoms with Crippen molar-refractivity contribution in [1.82, 2.24) is 15.4 Å². The van der Waals surface area contributed by atoms with E-state index in [-0.39, 0.29) is 11.4 Å². The van der Waals surface area contributed by atoms with Gasteiger partial charge in [0.05, 0.1) is 0 Å². The van der Waals surface area contributed by atoms with Gasteiger partial charge in [-0.3, -0.25) is 5.10 Å². The predicted octanol–water partition coefficient (Wildman–Crippen LogP) is 5.81. The summed E-state index contributed by atoms with van der Waals surface area (Å²) in [6, 6.07) is 0. The number of rotatable bonds is 2. The Morgan fingerprint density at radius 3 is 1.47 bits per heavy atom. The summed E-state index contributed by atoms with van der Waals surface area (Å²) in [7, 11) is 0. The Morgan fingerprint density at radius 1 is 0.684 bits per heavy atom. The zero-order chi connectivity index (χ0) is 15.3. The van der Waals surface area contributed by atoms with E-state index >= 15 is 0 Å². The molecule has 0 fully saturated rings. The van der Waals surface area contributed by atoms with Crippen molar-refractivity contribution in [1.29, 1.82) is 0 Å². The van der Waals surface area contributed by atoms with Gasteiger partial charge in [0.25, 0.3) is 0 Å². The summed E-state index contributed by atoms with van der Waals surface area (Å²) in [5.41, 5.74) is -0.501. The lowest BCUT2D eigenvalue weighted by molar-refractivity contribution is 0.770. The molecule has 0 spiro atoms.